The van der Waals surface area contributed by atoms with Crippen LogP contribution in [0, 0.1) is 0 Å². The number of nitrogens with zero attached hydrogens (tertiary/aromatic N) is 2. The Labute approximate surface area is 206 Å². The number of alkyl halides is 9. The number of halogens is 9. The molecule has 6 nitrogen and oxygen atoms in total. The Hall–Kier alpha value is -2.55. The minimum Gasteiger partial charge on any atom is -0.475 e. The first-order valence-corrected chi connectivity index (χ1v) is 11.1. The van der Waals surface area contributed by atoms with E-state index >= 15 is 0 Å². The zero-order valence-corrected chi connectivity index (χ0v) is 19.5. The lowest BCUT2D eigenvalue weighted by molar-refractivity contribution is -0.193. The van der Waals surface area contributed by atoms with Crippen molar-refractivity contribution in [3.8, 4) is 0 Å². The minimum absolute atomic E-state index is 0.221. The van der Waals surface area contributed by atoms with Gasteiger partial charge >= 0.3 is 30.5 Å². The van der Waals surface area contributed by atoms with E-state index in [9.17, 15) is 39.5 Å². The average molecular weight is 554 g/mol. The molecule has 1 aliphatic carbocycles. The summed E-state index contributed by atoms with van der Waals surface area (Å²) in [5, 5.41) is 14.2. The van der Waals surface area contributed by atoms with Gasteiger partial charge in [0.1, 0.15) is 0 Å². The molecule has 37 heavy (non-hydrogen) atoms. The third-order valence-corrected chi connectivity index (χ3v) is 5.59. The fraction of sp³-hybridized carbons (Fsp3) is 0.636. The van der Waals surface area contributed by atoms with Crippen molar-refractivity contribution in [2.45, 2.75) is 56.7 Å². The SMILES string of the molecule is FC(F)(F)CCCN1CCCN(C2Cc3ccccc3C2)CC1.O=C(O)C(F)(F)F.O=C(O)C(F)(F)F. The summed E-state index contributed by atoms with van der Waals surface area (Å²) in [5.74, 6) is -5.51. The first-order chi connectivity index (χ1) is 16.9. The molecule has 212 valence electrons. The molecule has 1 heterocycles. The molecule has 0 aromatic heterocycles. The molecule has 2 aliphatic rings. The molecule has 2 N–H and O–H groups in total. The van der Waals surface area contributed by atoms with Gasteiger partial charge in [0, 0.05) is 25.6 Å². The third kappa shape index (κ3) is 13.0. The minimum atomic E-state index is -5.08. The van der Waals surface area contributed by atoms with Crippen LogP contribution in [-0.4, -0.2) is 89.2 Å². The topological polar surface area (TPSA) is 81.1 Å². The molecule has 0 bridgehead atoms. The number of aliphatic carboxylic acids is 2. The summed E-state index contributed by atoms with van der Waals surface area (Å²) < 4.78 is 100. The number of carboxylic acid groups (broad SMARTS) is 2. The molecule has 0 atom stereocenters. The normalized spacial score (nSPS) is 17.5. The third-order valence-electron chi connectivity index (χ3n) is 5.59. The Morgan fingerprint density at radius 1 is 0.784 bits per heavy atom. The second-order valence-electron chi connectivity index (χ2n) is 8.39. The standard InChI is InChI=1S/C18H25F3N2.2C2HF3O2/c19-18(20,21)7-3-8-22-9-4-10-23(12-11-22)17-13-15-5-1-2-6-16(15)14-17;2*3-2(4,5)1(6)7/h1-2,5-6,17H,3-4,7-14H2;2*(H,6,7). The molecule has 3 rings (SSSR count). The maximum atomic E-state index is 12.3. The summed E-state index contributed by atoms with van der Waals surface area (Å²) in [4.78, 5) is 22.5. The Kier molecular flexibility index (Phi) is 12.1. The van der Waals surface area contributed by atoms with Crippen LogP contribution >= 0.6 is 0 Å². The average Bonchev–Trinajstić information content (AvgIpc) is 3.04. The fourth-order valence-corrected chi connectivity index (χ4v) is 3.88. The van der Waals surface area contributed by atoms with E-state index in [4.69, 9.17) is 19.8 Å². The van der Waals surface area contributed by atoms with E-state index < -0.39 is 36.9 Å². The summed E-state index contributed by atoms with van der Waals surface area (Å²) >= 11 is 0. The van der Waals surface area contributed by atoms with E-state index in [0.717, 1.165) is 45.4 Å². The number of carbonyl (C=O) groups is 2. The summed E-state index contributed by atoms with van der Waals surface area (Å²) in [6.07, 6.45) is -11.3. The van der Waals surface area contributed by atoms with Crippen LogP contribution in [-0.2, 0) is 22.4 Å². The van der Waals surface area contributed by atoms with Crippen LogP contribution in [0.3, 0.4) is 0 Å². The molecule has 1 fully saturated rings. The van der Waals surface area contributed by atoms with Crippen molar-refractivity contribution in [3.63, 3.8) is 0 Å². The van der Waals surface area contributed by atoms with Gasteiger partial charge < -0.3 is 15.1 Å². The van der Waals surface area contributed by atoms with Crippen molar-refractivity contribution in [2.75, 3.05) is 32.7 Å². The van der Waals surface area contributed by atoms with Crippen molar-refractivity contribution in [2.24, 2.45) is 0 Å². The maximum absolute atomic E-state index is 12.3. The molecule has 1 aliphatic heterocycles. The van der Waals surface area contributed by atoms with Crippen LogP contribution in [0.25, 0.3) is 0 Å². The van der Waals surface area contributed by atoms with Crippen molar-refractivity contribution in [1.82, 2.24) is 9.80 Å². The van der Waals surface area contributed by atoms with E-state index in [-0.39, 0.29) is 6.42 Å². The lowest BCUT2D eigenvalue weighted by Crippen LogP contribution is -2.39. The molecule has 0 radical (unpaired) electrons. The van der Waals surface area contributed by atoms with Gasteiger partial charge in [-0.3, -0.25) is 4.90 Å². The molecule has 0 spiro atoms. The van der Waals surface area contributed by atoms with Crippen LogP contribution in [0.1, 0.15) is 30.4 Å². The second kappa shape index (κ2) is 13.8. The van der Waals surface area contributed by atoms with Gasteiger partial charge in [-0.05, 0) is 56.4 Å². The second-order valence-corrected chi connectivity index (χ2v) is 8.39. The molecular formula is C22H27F9N2O4. The highest BCUT2D eigenvalue weighted by molar-refractivity contribution is 5.73. The van der Waals surface area contributed by atoms with Gasteiger partial charge in [0.15, 0.2) is 0 Å². The zero-order chi connectivity index (χ0) is 28.4. The predicted octanol–water partition coefficient (Wildman–Crippen LogP) is 4.77. The largest absolute Gasteiger partial charge is 0.490 e. The van der Waals surface area contributed by atoms with Crippen molar-refractivity contribution in [1.29, 1.82) is 0 Å². The smallest absolute Gasteiger partial charge is 0.475 e. The van der Waals surface area contributed by atoms with Gasteiger partial charge in [-0.2, -0.15) is 39.5 Å². The van der Waals surface area contributed by atoms with Gasteiger partial charge in [-0.1, -0.05) is 24.3 Å². The van der Waals surface area contributed by atoms with E-state index in [2.05, 4.69) is 34.1 Å². The predicted molar refractivity (Wildman–Crippen MR) is 113 cm³/mol. The first kappa shape index (κ1) is 32.5. The van der Waals surface area contributed by atoms with E-state index in [1.165, 1.54) is 11.1 Å². The Morgan fingerprint density at radius 3 is 1.65 bits per heavy atom. The monoisotopic (exact) mass is 554 g/mol. The summed E-state index contributed by atoms with van der Waals surface area (Å²) in [6.45, 7) is 4.43. The number of hydrogen-bond acceptors (Lipinski definition) is 4. The zero-order valence-electron chi connectivity index (χ0n) is 19.5. The van der Waals surface area contributed by atoms with E-state index in [1.807, 2.05) is 0 Å². The van der Waals surface area contributed by atoms with Crippen molar-refractivity contribution < 1.29 is 59.3 Å². The molecule has 1 aromatic carbocycles. The van der Waals surface area contributed by atoms with E-state index in [1.54, 1.807) is 0 Å². The van der Waals surface area contributed by atoms with Crippen LogP contribution < -0.4 is 0 Å². The number of rotatable bonds is 4. The fourth-order valence-electron chi connectivity index (χ4n) is 3.88. The lowest BCUT2D eigenvalue weighted by Gasteiger charge is -2.27. The lowest BCUT2D eigenvalue weighted by atomic mass is 10.1. The molecule has 0 unspecified atom stereocenters. The number of carboxylic acids is 2. The van der Waals surface area contributed by atoms with Gasteiger partial charge in [0.05, 0.1) is 0 Å². The van der Waals surface area contributed by atoms with Crippen LogP contribution in [0.2, 0.25) is 0 Å². The number of benzene rings is 1. The molecule has 0 saturated carbocycles. The van der Waals surface area contributed by atoms with E-state index in [0.29, 0.717) is 12.6 Å². The highest BCUT2D eigenvalue weighted by atomic mass is 19.4. The van der Waals surface area contributed by atoms with Crippen molar-refractivity contribution in [3.05, 3.63) is 35.4 Å². The number of fused-ring (bicyclic) bond motifs is 1. The molecule has 1 aromatic rings. The summed E-state index contributed by atoms with van der Waals surface area (Å²) in [6, 6.07) is 9.22. The quantitative estimate of drug-likeness (QED) is 0.522. The van der Waals surface area contributed by atoms with Crippen LogP contribution in [0.15, 0.2) is 24.3 Å². The number of hydrogen-bond donors (Lipinski definition) is 2. The summed E-state index contributed by atoms with van der Waals surface area (Å²) in [7, 11) is 0. The molecule has 15 heteroatoms. The summed E-state index contributed by atoms with van der Waals surface area (Å²) in [5.41, 5.74) is 2.92. The van der Waals surface area contributed by atoms with Gasteiger partial charge in [0.25, 0.3) is 0 Å². The molecule has 0 amide bonds. The van der Waals surface area contributed by atoms with Gasteiger partial charge in [-0.25, -0.2) is 9.59 Å². The van der Waals surface area contributed by atoms with Gasteiger partial charge in [0.2, 0.25) is 0 Å². The molecular weight excluding hydrogens is 527 g/mol. The highest BCUT2D eigenvalue weighted by Gasteiger charge is 2.39. The molecule has 1 saturated heterocycles. The van der Waals surface area contributed by atoms with Crippen LogP contribution in [0.4, 0.5) is 39.5 Å². The first-order valence-electron chi connectivity index (χ1n) is 11.1. The Morgan fingerprint density at radius 2 is 1.24 bits per heavy atom. The van der Waals surface area contributed by atoms with Crippen LogP contribution in [0.5, 0.6) is 0 Å². The Bertz CT molecular complexity index is 824. The Balaban J connectivity index is 0.000000404. The van der Waals surface area contributed by atoms with Crippen molar-refractivity contribution >= 4 is 11.9 Å². The highest BCUT2D eigenvalue weighted by Crippen LogP contribution is 2.26. The van der Waals surface area contributed by atoms with Gasteiger partial charge in [-0.15, -0.1) is 0 Å². The maximum Gasteiger partial charge on any atom is 0.490 e.